The number of thiophene rings is 1. The van der Waals surface area contributed by atoms with Crippen LogP contribution in [0, 0.1) is 10.8 Å². The standard InChI is InChI=1S/C25H26O3S/c1-24(2,3)17-13-16(14-18(23(17)28)25(4,5)6)22-12-11-21(29-22)15-7-9-19(26)20(27)10-8-15/h7-14H,1-6H3. The van der Waals surface area contributed by atoms with Gasteiger partial charge in [0, 0.05) is 20.2 Å². The summed E-state index contributed by atoms with van der Waals surface area (Å²) in [5.74, 6) is -0.904. The van der Waals surface area contributed by atoms with Crippen LogP contribution in [0.25, 0.3) is 11.1 Å². The molecule has 150 valence electrons. The summed E-state index contributed by atoms with van der Waals surface area (Å²) < 4.78 is 2.02. The molecule has 1 aromatic heterocycles. The highest BCUT2D eigenvalue weighted by molar-refractivity contribution is 7.08. The smallest absolute Gasteiger partial charge is 0.225 e. The average Bonchev–Trinajstić information content (AvgIpc) is 3.02. The van der Waals surface area contributed by atoms with Gasteiger partial charge in [-0.15, -0.1) is 11.3 Å². The lowest BCUT2D eigenvalue weighted by Crippen LogP contribution is -2.28. The monoisotopic (exact) mass is 406 g/mol. The molecule has 0 bridgehead atoms. The van der Waals surface area contributed by atoms with Gasteiger partial charge in [0.2, 0.25) is 11.6 Å². The van der Waals surface area contributed by atoms with Gasteiger partial charge in [-0.3, -0.25) is 14.4 Å². The molecule has 1 aromatic rings. The maximum Gasteiger partial charge on any atom is 0.225 e. The molecule has 0 fully saturated rings. The molecule has 0 aromatic carbocycles. The highest BCUT2D eigenvalue weighted by Crippen LogP contribution is 2.38. The first-order chi connectivity index (χ1) is 13.4. The number of allylic oxidation sites excluding steroid dienone is 8. The molecule has 0 unspecified atom stereocenters. The van der Waals surface area contributed by atoms with Crippen LogP contribution < -0.4 is 9.06 Å². The van der Waals surface area contributed by atoms with Crippen LogP contribution in [0.5, 0.6) is 0 Å². The van der Waals surface area contributed by atoms with Crippen molar-refractivity contribution in [1.82, 2.24) is 0 Å². The van der Waals surface area contributed by atoms with Crippen molar-refractivity contribution in [3.05, 3.63) is 68.8 Å². The van der Waals surface area contributed by atoms with E-state index in [1.165, 1.54) is 12.2 Å². The van der Waals surface area contributed by atoms with Gasteiger partial charge in [0.25, 0.3) is 0 Å². The zero-order chi connectivity index (χ0) is 21.6. The molecule has 0 spiro atoms. The lowest BCUT2D eigenvalue weighted by atomic mass is 9.72. The SMILES string of the molecule is CC(C)(C)C1=CC(=c2ccc(=C3C=CC(=O)C(=O)C=C3)s2)C=C(C(C)(C)C)C1=O. The van der Waals surface area contributed by atoms with Crippen LogP contribution >= 0.6 is 11.3 Å². The Hall–Kier alpha value is -2.59. The predicted molar refractivity (Wildman–Crippen MR) is 119 cm³/mol. The maximum atomic E-state index is 13.1. The largest absolute Gasteiger partial charge is 0.289 e. The summed E-state index contributed by atoms with van der Waals surface area (Å²) in [5.41, 5.74) is 2.96. The van der Waals surface area contributed by atoms with E-state index in [1.807, 2.05) is 24.3 Å². The Kier molecular flexibility index (Phi) is 5.35. The van der Waals surface area contributed by atoms with E-state index in [0.29, 0.717) is 0 Å². The summed E-state index contributed by atoms with van der Waals surface area (Å²) in [4.78, 5) is 36.3. The second-order valence-electron chi connectivity index (χ2n) is 9.41. The van der Waals surface area contributed by atoms with Crippen LogP contribution in [-0.2, 0) is 14.4 Å². The Morgan fingerprint density at radius 1 is 0.621 bits per heavy atom. The van der Waals surface area contributed by atoms with Gasteiger partial charge >= 0.3 is 0 Å². The second-order valence-corrected chi connectivity index (χ2v) is 10.5. The molecule has 1 heterocycles. The summed E-state index contributed by atoms with van der Waals surface area (Å²) in [6.45, 7) is 12.4. The van der Waals surface area contributed by atoms with E-state index in [1.54, 1.807) is 23.5 Å². The van der Waals surface area contributed by atoms with Crippen LogP contribution in [0.4, 0.5) is 0 Å². The van der Waals surface area contributed by atoms with Crippen molar-refractivity contribution in [2.75, 3.05) is 0 Å². The fraction of sp³-hybridized carbons (Fsp3) is 0.320. The van der Waals surface area contributed by atoms with Crippen LogP contribution in [-0.4, -0.2) is 17.3 Å². The molecule has 3 nitrogen and oxygen atoms in total. The number of carbonyl (C=O) groups is 3. The van der Waals surface area contributed by atoms with E-state index >= 15 is 0 Å². The minimum absolute atomic E-state index is 0.117. The lowest BCUT2D eigenvalue weighted by Gasteiger charge is -2.31. The molecular formula is C25H26O3S. The Balaban J connectivity index is 2.26. The molecule has 0 N–H and O–H groups in total. The number of rotatable bonds is 0. The first-order valence-electron chi connectivity index (χ1n) is 9.66. The van der Waals surface area contributed by atoms with Gasteiger partial charge in [-0.05, 0) is 70.6 Å². The van der Waals surface area contributed by atoms with Gasteiger partial charge in [-0.25, -0.2) is 0 Å². The van der Waals surface area contributed by atoms with Crippen molar-refractivity contribution in [1.29, 1.82) is 0 Å². The van der Waals surface area contributed by atoms with Crippen LogP contribution in [0.1, 0.15) is 41.5 Å². The predicted octanol–water partition coefficient (Wildman–Crippen LogP) is 3.84. The third-order valence-corrected chi connectivity index (χ3v) is 6.13. The Bertz CT molecular complexity index is 1090. The van der Waals surface area contributed by atoms with Crippen molar-refractivity contribution in [2.24, 2.45) is 10.8 Å². The van der Waals surface area contributed by atoms with E-state index in [-0.39, 0.29) is 16.6 Å². The highest BCUT2D eigenvalue weighted by Gasteiger charge is 2.34. The summed E-state index contributed by atoms with van der Waals surface area (Å²) in [7, 11) is 0. The van der Waals surface area contributed by atoms with E-state index in [4.69, 9.17) is 0 Å². The molecule has 0 radical (unpaired) electrons. The topological polar surface area (TPSA) is 51.2 Å². The van der Waals surface area contributed by atoms with Gasteiger partial charge in [-0.2, -0.15) is 0 Å². The Morgan fingerprint density at radius 2 is 1.03 bits per heavy atom. The van der Waals surface area contributed by atoms with Gasteiger partial charge in [-0.1, -0.05) is 41.5 Å². The Labute approximate surface area is 175 Å². The number of carbonyl (C=O) groups excluding carboxylic acids is 3. The molecule has 0 amide bonds. The second kappa shape index (κ2) is 7.34. The molecule has 0 saturated carbocycles. The number of hydrogen-bond acceptors (Lipinski definition) is 4. The van der Waals surface area contributed by atoms with Crippen molar-refractivity contribution < 1.29 is 14.4 Å². The first kappa shape index (κ1) is 21.1. The van der Waals surface area contributed by atoms with Crippen molar-refractivity contribution in [3.63, 3.8) is 0 Å². The third-order valence-electron chi connectivity index (χ3n) is 4.95. The van der Waals surface area contributed by atoms with Crippen LogP contribution in [0.3, 0.4) is 0 Å². The molecular weight excluding hydrogens is 380 g/mol. The number of ketones is 3. The zero-order valence-corrected chi connectivity index (χ0v) is 18.6. The molecule has 0 atom stereocenters. The van der Waals surface area contributed by atoms with E-state index in [2.05, 4.69) is 41.5 Å². The molecule has 2 aliphatic carbocycles. The summed E-state index contributed by atoms with van der Waals surface area (Å²) in [5, 5.41) is 0. The molecule has 3 rings (SSSR count). The fourth-order valence-corrected chi connectivity index (χ4v) is 4.25. The number of hydrogen-bond donors (Lipinski definition) is 0. The molecule has 29 heavy (non-hydrogen) atoms. The molecule has 2 aliphatic rings. The van der Waals surface area contributed by atoms with Crippen molar-refractivity contribution in [3.8, 4) is 0 Å². The summed E-state index contributed by atoms with van der Waals surface area (Å²) in [6.07, 6.45) is 10.0. The van der Waals surface area contributed by atoms with Gasteiger partial charge in [0.1, 0.15) is 0 Å². The van der Waals surface area contributed by atoms with E-state index < -0.39 is 11.6 Å². The average molecular weight is 407 g/mol. The highest BCUT2D eigenvalue weighted by atomic mass is 32.1. The third kappa shape index (κ3) is 4.38. The van der Waals surface area contributed by atoms with Crippen LogP contribution in [0.2, 0.25) is 0 Å². The molecule has 0 saturated heterocycles. The maximum absolute atomic E-state index is 13.1. The van der Waals surface area contributed by atoms with Crippen molar-refractivity contribution >= 4 is 39.8 Å². The lowest BCUT2D eigenvalue weighted by molar-refractivity contribution is -0.130. The van der Waals surface area contributed by atoms with Gasteiger partial charge in [0.05, 0.1) is 0 Å². The fourth-order valence-electron chi connectivity index (χ4n) is 3.25. The normalized spacial score (nSPS) is 18.2. The minimum Gasteiger partial charge on any atom is -0.289 e. The van der Waals surface area contributed by atoms with Gasteiger partial charge in [0.15, 0.2) is 5.78 Å². The van der Waals surface area contributed by atoms with Crippen LogP contribution in [0.15, 0.2) is 59.7 Å². The van der Waals surface area contributed by atoms with Gasteiger partial charge < -0.3 is 0 Å². The zero-order valence-electron chi connectivity index (χ0n) is 17.8. The quantitative estimate of drug-likeness (QED) is 0.615. The summed E-state index contributed by atoms with van der Waals surface area (Å²) >= 11 is 1.58. The number of Topliss-reactive ketones (excluding diaryl/α,β-unsaturated/α-hetero) is 1. The molecule has 0 aliphatic heterocycles. The minimum atomic E-state index is -0.510. The first-order valence-corrected chi connectivity index (χ1v) is 10.5. The van der Waals surface area contributed by atoms with E-state index in [9.17, 15) is 14.4 Å². The van der Waals surface area contributed by atoms with Crippen molar-refractivity contribution in [2.45, 2.75) is 41.5 Å². The molecule has 4 heteroatoms. The Morgan fingerprint density at radius 3 is 1.45 bits per heavy atom. The summed E-state index contributed by atoms with van der Waals surface area (Å²) in [6, 6.07) is 4.02. The van der Waals surface area contributed by atoms with E-state index in [0.717, 1.165) is 31.4 Å².